The molecule has 0 amide bonds. The van der Waals surface area contributed by atoms with Gasteiger partial charge in [-0.15, -0.1) is 11.3 Å². The molecule has 0 aromatic carbocycles. The fourth-order valence-electron chi connectivity index (χ4n) is 1.97. The highest BCUT2D eigenvalue weighted by Gasteiger charge is 2.42. The second-order valence-electron chi connectivity index (χ2n) is 3.83. The number of alkyl halides is 2. The number of halogens is 2. The summed E-state index contributed by atoms with van der Waals surface area (Å²) in [6.45, 7) is 0. The summed E-state index contributed by atoms with van der Waals surface area (Å²) in [7, 11) is 0. The van der Waals surface area contributed by atoms with Crippen LogP contribution in [0.5, 0.6) is 0 Å². The van der Waals surface area contributed by atoms with E-state index in [0.29, 0.717) is 12.8 Å². The minimum absolute atomic E-state index is 0.286. The summed E-state index contributed by atoms with van der Waals surface area (Å²) >= 11 is 1.20. The molecular formula is C10H13F2NS. The summed E-state index contributed by atoms with van der Waals surface area (Å²) in [6, 6.07) is 0. The first kappa shape index (κ1) is 10.0. The minimum Gasteiger partial charge on any atom is -0.246 e. The Morgan fingerprint density at radius 2 is 2.07 bits per heavy atom. The summed E-state index contributed by atoms with van der Waals surface area (Å²) in [5, 5.41) is 1.98. The second kappa shape index (κ2) is 3.93. The molecule has 1 aromatic heterocycles. The fraction of sp³-hybridized carbons (Fsp3) is 0.700. The Bertz CT molecular complexity index is 280. The lowest BCUT2D eigenvalue weighted by molar-refractivity contribution is 0.0137. The molecule has 1 fully saturated rings. The van der Waals surface area contributed by atoms with Gasteiger partial charge in [-0.05, 0) is 12.8 Å². The fourth-order valence-corrected chi connectivity index (χ4v) is 2.69. The molecule has 0 bridgehead atoms. The van der Waals surface area contributed by atoms with Gasteiger partial charge in [0, 0.05) is 11.6 Å². The topological polar surface area (TPSA) is 12.9 Å². The molecule has 0 saturated heterocycles. The molecule has 1 aliphatic carbocycles. The van der Waals surface area contributed by atoms with E-state index in [4.69, 9.17) is 0 Å². The molecule has 1 aliphatic rings. The summed E-state index contributed by atoms with van der Waals surface area (Å²) in [5.74, 6) is 0. The third-order valence-corrected chi connectivity index (χ3v) is 3.62. The van der Waals surface area contributed by atoms with Crippen LogP contribution in [0.2, 0.25) is 0 Å². The van der Waals surface area contributed by atoms with Crippen molar-refractivity contribution in [1.29, 1.82) is 0 Å². The van der Waals surface area contributed by atoms with E-state index in [2.05, 4.69) is 4.98 Å². The van der Waals surface area contributed by atoms with Gasteiger partial charge in [-0.2, -0.15) is 0 Å². The molecule has 1 heterocycles. The van der Waals surface area contributed by atoms with Crippen molar-refractivity contribution < 1.29 is 8.78 Å². The van der Waals surface area contributed by atoms with Crippen LogP contribution in [0, 0.1) is 0 Å². The van der Waals surface area contributed by atoms with Crippen molar-refractivity contribution in [2.45, 2.75) is 43.9 Å². The zero-order valence-corrected chi connectivity index (χ0v) is 8.70. The van der Waals surface area contributed by atoms with Crippen LogP contribution in [-0.2, 0) is 0 Å². The van der Waals surface area contributed by atoms with Gasteiger partial charge in [0.1, 0.15) is 10.7 Å². The lowest BCUT2D eigenvalue weighted by Gasteiger charge is -2.31. The number of rotatable bonds is 2. The van der Waals surface area contributed by atoms with Gasteiger partial charge in [0.25, 0.3) is 0 Å². The maximum absolute atomic E-state index is 14.1. The molecule has 1 saturated carbocycles. The van der Waals surface area contributed by atoms with E-state index >= 15 is 0 Å². The maximum Gasteiger partial charge on any atom is 0.185 e. The number of aromatic nitrogens is 1. The van der Waals surface area contributed by atoms with E-state index in [1.54, 1.807) is 5.38 Å². The Morgan fingerprint density at radius 3 is 2.64 bits per heavy atom. The first-order valence-electron chi connectivity index (χ1n) is 4.95. The molecule has 78 valence electrons. The quantitative estimate of drug-likeness (QED) is 0.733. The molecule has 0 N–H and O–H groups in total. The lowest BCUT2D eigenvalue weighted by Crippen LogP contribution is -2.31. The Labute approximate surface area is 86.2 Å². The van der Waals surface area contributed by atoms with Gasteiger partial charge < -0.3 is 0 Å². The molecule has 1 nitrogen and oxygen atoms in total. The van der Waals surface area contributed by atoms with Crippen LogP contribution in [0.25, 0.3) is 0 Å². The Balaban J connectivity index is 2.13. The monoisotopic (exact) mass is 217 g/mol. The Kier molecular flexibility index (Phi) is 2.81. The number of hydrogen-bond acceptors (Lipinski definition) is 2. The zero-order valence-electron chi connectivity index (χ0n) is 7.88. The molecule has 14 heavy (non-hydrogen) atoms. The third-order valence-electron chi connectivity index (χ3n) is 2.81. The van der Waals surface area contributed by atoms with Crippen molar-refractivity contribution in [3.63, 3.8) is 0 Å². The second-order valence-corrected chi connectivity index (χ2v) is 4.75. The number of nitrogens with zero attached hydrogens (tertiary/aromatic N) is 1. The predicted molar refractivity (Wildman–Crippen MR) is 52.9 cm³/mol. The van der Waals surface area contributed by atoms with E-state index in [1.165, 1.54) is 17.5 Å². The highest BCUT2D eigenvalue weighted by molar-refractivity contribution is 7.09. The van der Waals surface area contributed by atoms with Gasteiger partial charge in [0.15, 0.2) is 6.17 Å². The molecule has 0 radical (unpaired) electrons. The predicted octanol–water partition coefficient (Wildman–Crippen LogP) is 3.83. The zero-order chi connectivity index (χ0) is 10.0. The Morgan fingerprint density at radius 1 is 1.36 bits per heavy atom. The van der Waals surface area contributed by atoms with Gasteiger partial charge in [-0.25, -0.2) is 13.8 Å². The van der Waals surface area contributed by atoms with Crippen molar-refractivity contribution in [3.8, 4) is 0 Å². The van der Waals surface area contributed by atoms with Gasteiger partial charge in [0.05, 0.1) is 0 Å². The van der Waals surface area contributed by atoms with Crippen molar-refractivity contribution in [2.24, 2.45) is 0 Å². The van der Waals surface area contributed by atoms with Gasteiger partial charge in [0.2, 0.25) is 0 Å². The summed E-state index contributed by atoms with van der Waals surface area (Å²) < 4.78 is 27.9. The first-order chi connectivity index (χ1) is 6.72. The van der Waals surface area contributed by atoms with Crippen molar-refractivity contribution in [2.75, 3.05) is 0 Å². The van der Waals surface area contributed by atoms with Crippen molar-refractivity contribution >= 4 is 11.3 Å². The van der Waals surface area contributed by atoms with Crippen LogP contribution in [0.15, 0.2) is 11.6 Å². The summed E-state index contributed by atoms with van der Waals surface area (Å²) in [6.07, 6.45) is 3.30. The van der Waals surface area contributed by atoms with E-state index in [-0.39, 0.29) is 5.01 Å². The average Bonchev–Trinajstić information content (AvgIpc) is 2.70. The van der Waals surface area contributed by atoms with E-state index < -0.39 is 11.8 Å². The van der Waals surface area contributed by atoms with Crippen LogP contribution in [0.3, 0.4) is 0 Å². The molecule has 2 rings (SSSR count). The normalized spacial score (nSPS) is 23.3. The van der Waals surface area contributed by atoms with E-state index in [1.807, 2.05) is 0 Å². The third kappa shape index (κ3) is 1.80. The molecule has 0 aliphatic heterocycles. The molecule has 1 atom stereocenters. The molecule has 1 aromatic rings. The lowest BCUT2D eigenvalue weighted by atomic mass is 9.83. The van der Waals surface area contributed by atoms with Gasteiger partial charge in [-0.3, -0.25) is 0 Å². The molecule has 1 unspecified atom stereocenters. The van der Waals surface area contributed by atoms with Crippen LogP contribution in [0.1, 0.15) is 43.3 Å². The van der Waals surface area contributed by atoms with E-state index in [0.717, 1.165) is 19.3 Å². The molecule has 4 heteroatoms. The summed E-state index contributed by atoms with van der Waals surface area (Å²) in [4.78, 5) is 3.84. The maximum atomic E-state index is 14.1. The number of thiazole rings is 1. The first-order valence-corrected chi connectivity index (χ1v) is 5.83. The van der Waals surface area contributed by atoms with Crippen LogP contribution >= 0.6 is 11.3 Å². The largest absolute Gasteiger partial charge is 0.246 e. The SMILES string of the molecule is FC(c1nccs1)C1(F)CCCCC1. The molecule has 0 spiro atoms. The van der Waals surface area contributed by atoms with Crippen LogP contribution in [-0.4, -0.2) is 10.7 Å². The minimum atomic E-state index is -1.66. The van der Waals surface area contributed by atoms with Crippen molar-refractivity contribution in [3.05, 3.63) is 16.6 Å². The van der Waals surface area contributed by atoms with Crippen molar-refractivity contribution in [1.82, 2.24) is 4.98 Å². The van der Waals surface area contributed by atoms with Gasteiger partial charge in [-0.1, -0.05) is 19.3 Å². The van der Waals surface area contributed by atoms with Gasteiger partial charge >= 0.3 is 0 Å². The Hall–Kier alpha value is -0.510. The smallest absolute Gasteiger partial charge is 0.185 e. The highest BCUT2D eigenvalue weighted by Crippen LogP contribution is 2.44. The highest BCUT2D eigenvalue weighted by atomic mass is 32.1. The van der Waals surface area contributed by atoms with E-state index in [9.17, 15) is 8.78 Å². The molecular weight excluding hydrogens is 204 g/mol. The average molecular weight is 217 g/mol. The standard InChI is InChI=1S/C10H13F2NS/c11-8(9-13-6-7-14-9)10(12)4-2-1-3-5-10/h6-8H,1-5H2. The van der Waals surface area contributed by atoms with Crippen LogP contribution in [0.4, 0.5) is 8.78 Å². The summed E-state index contributed by atoms with van der Waals surface area (Å²) in [5.41, 5.74) is -1.66. The van der Waals surface area contributed by atoms with Crippen LogP contribution < -0.4 is 0 Å². The number of hydrogen-bond donors (Lipinski definition) is 0.